The van der Waals surface area contributed by atoms with Crippen molar-refractivity contribution >= 4 is 28.6 Å². The molecule has 10 nitrogen and oxygen atoms in total. The maximum absolute atomic E-state index is 12.9. The van der Waals surface area contributed by atoms with Crippen molar-refractivity contribution in [3.8, 4) is 11.4 Å². The van der Waals surface area contributed by atoms with Crippen molar-refractivity contribution < 1.29 is 14.3 Å². The first-order chi connectivity index (χ1) is 16.6. The van der Waals surface area contributed by atoms with Crippen LogP contribution >= 0.6 is 0 Å². The molecule has 0 spiro atoms. The Labute approximate surface area is 201 Å². The monoisotopic (exact) mass is 474 g/mol. The third-order valence-electron chi connectivity index (χ3n) is 5.13. The Morgan fingerprint density at radius 1 is 1.11 bits per heavy atom. The minimum Gasteiger partial charge on any atom is -0.443 e. The van der Waals surface area contributed by atoms with Crippen LogP contribution in [0.15, 0.2) is 65.8 Å². The number of nitrogen functional groups attached to an aromatic ring is 1. The fraction of sp³-hybridized carbons (Fsp3) is 0.240. The highest BCUT2D eigenvalue weighted by Gasteiger charge is 2.22. The number of fused-ring (bicyclic) bond motifs is 1. The van der Waals surface area contributed by atoms with Crippen LogP contribution in [0.1, 0.15) is 26.5 Å². The van der Waals surface area contributed by atoms with Gasteiger partial charge in [-0.1, -0.05) is 30.3 Å². The van der Waals surface area contributed by atoms with Crippen LogP contribution in [0.4, 0.5) is 10.5 Å². The molecule has 1 aromatic carbocycles. The number of carbonyl (C=O) groups is 2. The van der Waals surface area contributed by atoms with Gasteiger partial charge in [0.2, 0.25) is 5.91 Å². The lowest BCUT2D eigenvalue weighted by Crippen LogP contribution is -2.35. The van der Waals surface area contributed by atoms with E-state index in [0.29, 0.717) is 22.6 Å². The molecule has 0 saturated heterocycles. The van der Waals surface area contributed by atoms with Crippen LogP contribution in [0.25, 0.3) is 22.3 Å². The van der Waals surface area contributed by atoms with E-state index in [-0.39, 0.29) is 18.8 Å². The first-order valence-corrected chi connectivity index (χ1v) is 11.0. The standard InChI is InChI=1S/C25H26N6O4/c1-25(2,3)35-24(34)31-18(11-17-12-27-10-9-20(17)31)13-28-21(32)15-30-22(16-7-5-4-6-8-16)29-14-19(26)23(30)33/h4-12,14H,13,15,26H2,1-3H3,(H,28,32). The Balaban J connectivity index is 1.59. The van der Waals surface area contributed by atoms with E-state index in [1.165, 1.54) is 15.3 Å². The minimum absolute atomic E-state index is 0.0257. The lowest BCUT2D eigenvalue weighted by molar-refractivity contribution is -0.121. The van der Waals surface area contributed by atoms with E-state index in [1.807, 2.05) is 18.2 Å². The normalized spacial score (nSPS) is 11.4. The highest BCUT2D eigenvalue weighted by atomic mass is 16.6. The van der Waals surface area contributed by atoms with Gasteiger partial charge in [0.15, 0.2) is 0 Å². The molecule has 3 aromatic heterocycles. The molecule has 0 aliphatic rings. The van der Waals surface area contributed by atoms with Crippen LogP contribution < -0.4 is 16.6 Å². The zero-order valence-electron chi connectivity index (χ0n) is 19.7. The number of nitrogens with two attached hydrogens (primary N) is 1. The van der Waals surface area contributed by atoms with Gasteiger partial charge >= 0.3 is 6.09 Å². The van der Waals surface area contributed by atoms with Crippen molar-refractivity contribution in [1.29, 1.82) is 0 Å². The number of rotatable bonds is 5. The molecule has 0 fully saturated rings. The van der Waals surface area contributed by atoms with Crippen molar-refractivity contribution in [2.24, 2.45) is 0 Å². The lowest BCUT2D eigenvalue weighted by Gasteiger charge is -2.21. The minimum atomic E-state index is -0.698. The second-order valence-corrected chi connectivity index (χ2v) is 8.96. The maximum atomic E-state index is 12.9. The molecule has 0 aliphatic heterocycles. The zero-order chi connectivity index (χ0) is 25.2. The number of benzene rings is 1. The van der Waals surface area contributed by atoms with Crippen molar-refractivity contribution in [1.82, 2.24) is 24.4 Å². The molecule has 1 amide bonds. The summed E-state index contributed by atoms with van der Waals surface area (Å²) in [6, 6.07) is 12.5. The molecule has 180 valence electrons. The number of carbonyl (C=O) groups excluding carboxylic acids is 2. The van der Waals surface area contributed by atoms with Crippen LogP contribution in [-0.2, 0) is 22.6 Å². The fourth-order valence-corrected chi connectivity index (χ4v) is 3.63. The first-order valence-electron chi connectivity index (χ1n) is 11.0. The number of hydrogen-bond acceptors (Lipinski definition) is 7. The Morgan fingerprint density at radius 3 is 2.57 bits per heavy atom. The molecule has 10 heteroatoms. The molecule has 4 rings (SSSR count). The maximum Gasteiger partial charge on any atom is 0.419 e. The van der Waals surface area contributed by atoms with Gasteiger partial charge in [0.05, 0.1) is 18.3 Å². The molecule has 3 heterocycles. The Hall–Kier alpha value is -4.47. The number of amides is 1. The molecule has 4 aromatic rings. The fourth-order valence-electron chi connectivity index (χ4n) is 3.63. The smallest absolute Gasteiger partial charge is 0.419 e. The molecule has 0 bridgehead atoms. The number of aromatic nitrogens is 4. The van der Waals surface area contributed by atoms with Crippen LogP contribution in [0.2, 0.25) is 0 Å². The summed E-state index contributed by atoms with van der Waals surface area (Å²) in [4.78, 5) is 46.9. The highest BCUT2D eigenvalue weighted by Crippen LogP contribution is 2.21. The number of pyridine rings is 1. The van der Waals surface area contributed by atoms with E-state index < -0.39 is 23.2 Å². The van der Waals surface area contributed by atoms with E-state index in [1.54, 1.807) is 57.4 Å². The van der Waals surface area contributed by atoms with Gasteiger partial charge in [-0.2, -0.15) is 0 Å². The van der Waals surface area contributed by atoms with Crippen molar-refractivity contribution in [3.05, 3.63) is 77.1 Å². The van der Waals surface area contributed by atoms with E-state index in [0.717, 1.165) is 5.39 Å². The van der Waals surface area contributed by atoms with Crippen molar-refractivity contribution in [2.75, 3.05) is 5.73 Å². The number of anilines is 1. The van der Waals surface area contributed by atoms with Gasteiger partial charge in [-0.3, -0.25) is 19.1 Å². The second-order valence-electron chi connectivity index (χ2n) is 8.96. The quantitative estimate of drug-likeness (QED) is 0.454. The number of nitrogens with one attached hydrogen (secondary N) is 1. The third-order valence-corrected chi connectivity index (χ3v) is 5.13. The highest BCUT2D eigenvalue weighted by molar-refractivity contribution is 5.90. The van der Waals surface area contributed by atoms with E-state index in [9.17, 15) is 14.4 Å². The zero-order valence-corrected chi connectivity index (χ0v) is 19.7. The summed E-state index contributed by atoms with van der Waals surface area (Å²) >= 11 is 0. The average Bonchev–Trinajstić information content (AvgIpc) is 3.19. The number of hydrogen-bond donors (Lipinski definition) is 2. The van der Waals surface area contributed by atoms with Crippen LogP contribution in [0, 0.1) is 0 Å². The largest absolute Gasteiger partial charge is 0.443 e. The molecule has 0 saturated carbocycles. The predicted octanol–water partition coefficient (Wildman–Crippen LogP) is 2.94. The van der Waals surface area contributed by atoms with Gasteiger partial charge in [-0.25, -0.2) is 14.3 Å². The Bertz CT molecular complexity index is 1450. The van der Waals surface area contributed by atoms with Crippen molar-refractivity contribution in [2.45, 2.75) is 39.5 Å². The summed E-state index contributed by atoms with van der Waals surface area (Å²) < 4.78 is 8.19. The molecule has 0 radical (unpaired) electrons. The molecule has 0 atom stereocenters. The third kappa shape index (κ3) is 5.21. The molecular weight excluding hydrogens is 448 g/mol. The summed E-state index contributed by atoms with van der Waals surface area (Å²) in [5, 5.41) is 3.50. The molecule has 35 heavy (non-hydrogen) atoms. The van der Waals surface area contributed by atoms with Gasteiger partial charge < -0.3 is 15.8 Å². The average molecular weight is 475 g/mol. The van der Waals surface area contributed by atoms with Gasteiger partial charge in [0.25, 0.3) is 5.56 Å². The van der Waals surface area contributed by atoms with Crippen LogP contribution in [0.3, 0.4) is 0 Å². The number of ether oxygens (including phenoxy) is 1. The SMILES string of the molecule is CC(C)(C)OC(=O)n1c(CNC(=O)Cn2c(-c3ccccc3)ncc(N)c2=O)cc2cnccc21. The Morgan fingerprint density at radius 2 is 1.86 bits per heavy atom. The summed E-state index contributed by atoms with van der Waals surface area (Å²) in [6.45, 7) is 5.07. The molecule has 3 N–H and O–H groups in total. The summed E-state index contributed by atoms with van der Waals surface area (Å²) in [6.07, 6.45) is 3.93. The Kier molecular flexibility index (Phi) is 6.37. The molecule has 0 unspecified atom stereocenters. The summed E-state index contributed by atoms with van der Waals surface area (Å²) in [7, 11) is 0. The molecular formula is C25H26N6O4. The van der Waals surface area contributed by atoms with Gasteiger partial charge in [0.1, 0.15) is 23.7 Å². The lowest BCUT2D eigenvalue weighted by atomic mass is 10.2. The number of nitrogens with zero attached hydrogens (tertiary/aromatic N) is 4. The topological polar surface area (TPSA) is 134 Å². The summed E-state index contributed by atoms with van der Waals surface area (Å²) in [5.74, 6) is -0.121. The van der Waals surface area contributed by atoms with Crippen molar-refractivity contribution in [3.63, 3.8) is 0 Å². The van der Waals surface area contributed by atoms with Gasteiger partial charge in [-0.05, 0) is 32.9 Å². The van der Waals surface area contributed by atoms with Crippen LogP contribution in [0.5, 0.6) is 0 Å². The van der Waals surface area contributed by atoms with Crippen LogP contribution in [-0.4, -0.2) is 36.7 Å². The predicted molar refractivity (Wildman–Crippen MR) is 132 cm³/mol. The first kappa shape index (κ1) is 23.7. The second kappa shape index (κ2) is 9.41. The van der Waals surface area contributed by atoms with E-state index >= 15 is 0 Å². The molecule has 0 aliphatic carbocycles. The van der Waals surface area contributed by atoms with Gasteiger partial charge in [-0.15, -0.1) is 0 Å². The summed E-state index contributed by atoms with van der Waals surface area (Å²) in [5.41, 5.74) is 6.30. The van der Waals surface area contributed by atoms with E-state index in [2.05, 4.69) is 15.3 Å². The van der Waals surface area contributed by atoms with Gasteiger partial charge in [0, 0.05) is 29.0 Å². The van der Waals surface area contributed by atoms with E-state index in [4.69, 9.17) is 10.5 Å².